The van der Waals surface area contributed by atoms with Crippen LogP contribution in [0.4, 0.5) is 5.82 Å². The number of hydrogen-bond acceptors (Lipinski definition) is 4. The van der Waals surface area contributed by atoms with Crippen LogP contribution < -0.4 is 10.9 Å². The van der Waals surface area contributed by atoms with Crippen molar-refractivity contribution in [3.63, 3.8) is 0 Å². The van der Waals surface area contributed by atoms with Gasteiger partial charge < -0.3 is 14.8 Å². The van der Waals surface area contributed by atoms with Crippen LogP contribution in [0.3, 0.4) is 0 Å². The summed E-state index contributed by atoms with van der Waals surface area (Å²) in [5.74, 6) is 0.453. The molecule has 0 spiro atoms. The Morgan fingerprint density at radius 3 is 2.62 bits per heavy atom. The Balaban J connectivity index is 1.94. The molecule has 1 N–H and O–H groups in total. The molecule has 1 aromatic rings. The van der Waals surface area contributed by atoms with Crippen molar-refractivity contribution >= 4 is 11.7 Å². The van der Waals surface area contributed by atoms with Crippen molar-refractivity contribution in [2.24, 2.45) is 0 Å². The average Bonchev–Trinajstić information content (AvgIpc) is 2.93. The number of aromatic nitrogens is 2. The monoisotopic (exact) mass is 292 g/mol. The highest BCUT2D eigenvalue weighted by atomic mass is 16.2. The predicted molar refractivity (Wildman–Crippen MR) is 82.4 cm³/mol. The van der Waals surface area contributed by atoms with Crippen molar-refractivity contribution in [3.05, 3.63) is 22.7 Å². The van der Waals surface area contributed by atoms with Crippen LogP contribution in [0.2, 0.25) is 0 Å². The molecule has 6 nitrogen and oxygen atoms in total. The molecule has 0 bridgehead atoms. The van der Waals surface area contributed by atoms with E-state index in [9.17, 15) is 9.59 Å². The molecule has 1 amide bonds. The Morgan fingerprint density at radius 1 is 1.33 bits per heavy atom. The fourth-order valence-corrected chi connectivity index (χ4v) is 2.47. The van der Waals surface area contributed by atoms with Gasteiger partial charge in [0.25, 0.3) is 5.56 Å². The molecule has 0 atom stereocenters. The van der Waals surface area contributed by atoms with Crippen LogP contribution in [0.25, 0.3) is 0 Å². The molecule has 1 saturated heterocycles. The molecule has 1 aromatic heterocycles. The van der Waals surface area contributed by atoms with Crippen molar-refractivity contribution in [1.29, 1.82) is 0 Å². The second kappa shape index (κ2) is 6.28. The van der Waals surface area contributed by atoms with E-state index < -0.39 is 0 Å². The van der Waals surface area contributed by atoms with Crippen molar-refractivity contribution in [2.45, 2.75) is 45.6 Å². The number of rotatable bonds is 4. The fraction of sp³-hybridized carbons (Fsp3) is 0.667. The first kappa shape index (κ1) is 15.5. The Hall–Kier alpha value is -1.85. The van der Waals surface area contributed by atoms with Crippen LogP contribution in [0.5, 0.6) is 0 Å². The molecule has 1 aliphatic heterocycles. The topological polar surface area (TPSA) is 67.2 Å². The Morgan fingerprint density at radius 2 is 2.00 bits per heavy atom. The van der Waals surface area contributed by atoms with Crippen LogP contribution in [0.15, 0.2) is 17.2 Å². The summed E-state index contributed by atoms with van der Waals surface area (Å²) in [5, 5.41) is 2.99. The molecule has 0 radical (unpaired) electrons. The van der Waals surface area contributed by atoms with Gasteiger partial charge in [-0.3, -0.25) is 9.59 Å². The van der Waals surface area contributed by atoms with Gasteiger partial charge in [0.05, 0.1) is 0 Å². The number of anilines is 1. The first-order valence-electron chi connectivity index (χ1n) is 7.49. The lowest BCUT2D eigenvalue weighted by molar-refractivity contribution is -0.129. The van der Waals surface area contributed by atoms with E-state index in [0.717, 1.165) is 25.9 Å². The fourth-order valence-electron chi connectivity index (χ4n) is 2.47. The highest BCUT2D eigenvalue weighted by molar-refractivity contribution is 5.76. The molecule has 2 rings (SSSR count). The van der Waals surface area contributed by atoms with Gasteiger partial charge in [0.2, 0.25) is 5.91 Å². The highest BCUT2D eigenvalue weighted by Gasteiger charge is 2.18. The summed E-state index contributed by atoms with van der Waals surface area (Å²) < 4.78 is 1.64. The van der Waals surface area contributed by atoms with Crippen molar-refractivity contribution < 1.29 is 4.79 Å². The zero-order valence-electron chi connectivity index (χ0n) is 13.1. The van der Waals surface area contributed by atoms with E-state index >= 15 is 0 Å². The SMILES string of the molecule is CC(C)(C)n1ccnc(NCCC(=O)N2CCCC2)c1=O. The predicted octanol–water partition coefficient (Wildman–Crippen LogP) is 1.42. The summed E-state index contributed by atoms with van der Waals surface area (Å²) in [6.07, 6.45) is 5.87. The molecule has 1 aliphatic rings. The molecule has 0 aliphatic carbocycles. The first-order valence-corrected chi connectivity index (χ1v) is 7.49. The maximum Gasteiger partial charge on any atom is 0.293 e. The van der Waals surface area contributed by atoms with Gasteiger partial charge in [0.15, 0.2) is 5.82 Å². The van der Waals surface area contributed by atoms with Gasteiger partial charge in [0, 0.05) is 44.0 Å². The van der Waals surface area contributed by atoms with Gasteiger partial charge in [0.1, 0.15) is 0 Å². The van der Waals surface area contributed by atoms with Gasteiger partial charge in [-0.1, -0.05) is 0 Å². The molecule has 116 valence electrons. The number of amides is 1. The van der Waals surface area contributed by atoms with Gasteiger partial charge >= 0.3 is 0 Å². The number of carbonyl (C=O) groups is 1. The molecule has 0 aromatic carbocycles. The molecule has 21 heavy (non-hydrogen) atoms. The van der Waals surface area contributed by atoms with Gasteiger partial charge in [-0.05, 0) is 33.6 Å². The summed E-state index contributed by atoms with van der Waals surface area (Å²) >= 11 is 0. The third-order valence-electron chi connectivity index (χ3n) is 3.65. The second-order valence-corrected chi connectivity index (χ2v) is 6.39. The standard InChI is InChI=1S/C15H24N4O2/c1-15(2,3)19-11-8-17-13(14(19)21)16-7-6-12(20)18-9-4-5-10-18/h8,11H,4-7,9-10H2,1-3H3,(H,16,17). The summed E-state index contributed by atoms with van der Waals surface area (Å²) in [7, 11) is 0. The normalized spacial score (nSPS) is 15.3. The van der Waals surface area contributed by atoms with Crippen molar-refractivity contribution in [1.82, 2.24) is 14.5 Å². The van der Waals surface area contributed by atoms with Crippen LogP contribution in [0, 0.1) is 0 Å². The van der Waals surface area contributed by atoms with E-state index in [4.69, 9.17) is 0 Å². The van der Waals surface area contributed by atoms with E-state index in [0.29, 0.717) is 18.8 Å². The number of carbonyl (C=O) groups excluding carboxylic acids is 1. The molecule has 6 heteroatoms. The Bertz CT molecular complexity index is 554. The molecular formula is C15H24N4O2. The minimum absolute atomic E-state index is 0.145. The van der Waals surface area contributed by atoms with Crippen molar-refractivity contribution in [2.75, 3.05) is 25.0 Å². The number of hydrogen-bond donors (Lipinski definition) is 1. The number of likely N-dealkylation sites (tertiary alicyclic amines) is 1. The van der Waals surface area contributed by atoms with Crippen LogP contribution in [0.1, 0.15) is 40.0 Å². The van der Waals surface area contributed by atoms with Gasteiger partial charge in [-0.25, -0.2) is 4.98 Å². The van der Waals surface area contributed by atoms with E-state index in [1.54, 1.807) is 17.0 Å². The first-order chi connectivity index (χ1) is 9.89. The minimum atomic E-state index is -0.290. The largest absolute Gasteiger partial charge is 0.365 e. The molecule has 0 saturated carbocycles. The quantitative estimate of drug-likeness (QED) is 0.911. The maximum atomic E-state index is 12.3. The molecular weight excluding hydrogens is 268 g/mol. The van der Waals surface area contributed by atoms with Gasteiger partial charge in [-0.15, -0.1) is 0 Å². The lowest BCUT2D eigenvalue weighted by Gasteiger charge is -2.22. The molecule has 0 unspecified atom stereocenters. The van der Waals surface area contributed by atoms with E-state index in [2.05, 4.69) is 10.3 Å². The lowest BCUT2D eigenvalue weighted by Crippen LogP contribution is -2.35. The van der Waals surface area contributed by atoms with Crippen LogP contribution in [-0.4, -0.2) is 40.0 Å². The Labute approximate surface area is 125 Å². The second-order valence-electron chi connectivity index (χ2n) is 6.39. The smallest absolute Gasteiger partial charge is 0.293 e. The summed E-state index contributed by atoms with van der Waals surface area (Å²) in [4.78, 5) is 30.2. The minimum Gasteiger partial charge on any atom is -0.365 e. The zero-order chi connectivity index (χ0) is 15.5. The van der Waals surface area contributed by atoms with E-state index in [1.807, 2.05) is 25.7 Å². The average molecular weight is 292 g/mol. The summed E-state index contributed by atoms with van der Waals surface area (Å²) in [6.45, 7) is 8.06. The molecule has 2 heterocycles. The van der Waals surface area contributed by atoms with Crippen LogP contribution >= 0.6 is 0 Å². The molecule has 1 fully saturated rings. The summed E-state index contributed by atoms with van der Waals surface area (Å²) in [5.41, 5.74) is -0.444. The number of nitrogens with zero attached hydrogens (tertiary/aromatic N) is 3. The van der Waals surface area contributed by atoms with Crippen LogP contribution in [-0.2, 0) is 10.3 Å². The lowest BCUT2D eigenvalue weighted by atomic mass is 10.1. The summed E-state index contributed by atoms with van der Waals surface area (Å²) in [6, 6.07) is 0. The van der Waals surface area contributed by atoms with E-state index in [-0.39, 0.29) is 17.0 Å². The van der Waals surface area contributed by atoms with Gasteiger partial charge in [-0.2, -0.15) is 0 Å². The van der Waals surface area contributed by atoms with Crippen molar-refractivity contribution in [3.8, 4) is 0 Å². The third-order valence-corrected chi connectivity index (χ3v) is 3.65. The number of nitrogens with one attached hydrogen (secondary N) is 1. The highest BCUT2D eigenvalue weighted by Crippen LogP contribution is 2.11. The maximum absolute atomic E-state index is 12.3. The Kier molecular flexibility index (Phi) is 4.65. The third kappa shape index (κ3) is 3.83. The van der Waals surface area contributed by atoms with E-state index in [1.165, 1.54) is 0 Å². The zero-order valence-corrected chi connectivity index (χ0v) is 13.1.